The minimum absolute atomic E-state index is 0.732. The molecule has 1 aliphatic rings. The van der Waals surface area contributed by atoms with E-state index in [1.807, 2.05) is 5.51 Å². The van der Waals surface area contributed by atoms with Crippen LogP contribution in [0, 0.1) is 0 Å². The van der Waals surface area contributed by atoms with Crippen LogP contribution < -0.4 is 10.2 Å². The average Bonchev–Trinajstić information content (AvgIpc) is 3.13. The van der Waals surface area contributed by atoms with E-state index in [0.717, 1.165) is 29.3 Å². The molecule has 1 saturated carbocycles. The lowest BCUT2D eigenvalue weighted by Crippen LogP contribution is -2.21. The summed E-state index contributed by atoms with van der Waals surface area (Å²) in [6, 6.07) is 7.24. The van der Waals surface area contributed by atoms with Crippen LogP contribution in [0.15, 0.2) is 33.6 Å². The molecule has 0 spiro atoms. The highest BCUT2D eigenvalue weighted by molar-refractivity contribution is 9.10. The highest BCUT2D eigenvalue weighted by Crippen LogP contribution is 2.27. The summed E-state index contributed by atoms with van der Waals surface area (Å²) in [5.74, 6) is 0. The first kappa shape index (κ1) is 14.0. The van der Waals surface area contributed by atoms with Crippen molar-refractivity contribution in [1.82, 2.24) is 10.3 Å². The van der Waals surface area contributed by atoms with Gasteiger partial charge in [-0.25, -0.2) is 4.98 Å². The molecule has 2 aromatic rings. The molecule has 1 aromatic carbocycles. The Morgan fingerprint density at radius 1 is 1.45 bits per heavy atom. The number of nitrogens with one attached hydrogen (secondary N) is 1. The van der Waals surface area contributed by atoms with E-state index in [1.165, 1.54) is 24.1 Å². The van der Waals surface area contributed by atoms with Crippen LogP contribution >= 0.6 is 27.3 Å². The van der Waals surface area contributed by atoms with Crippen LogP contribution in [0.3, 0.4) is 0 Å². The Balaban J connectivity index is 1.76. The second-order valence-corrected chi connectivity index (χ2v) is 6.90. The van der Waals surface area contributed by atoms with Crippen LogP contribution in [0.2, 0.25) is 0 Å². The molecule has 3 nitrogen and oxygen atoms in total. The van der Waals surface area contributed by atoms with E-state index >= 15 is 0 Å². The van der Waals surface area contributed by atoms with Gasteiger partial charge in [-0.2, -0.15) is 0 Å². The van der Waals surface area contributed by atoms with Crippen molar-refractivity contribution in [2.45, 2.75) is 32.0 Å². The van der Waals surface area contributed by atoms with Gasteiger partial charge < -0.3 is 10.2 Å². The third-order valence-corrected chi connectivity index (χ3v) is 4.63. The van der Waals surface area contributed by atoms with Gasteiger partial charge in [-0.3, -0.25) is 0 Å². The van der Waals surface area contributed by atoms with Crippen molar-refractivity contribution >= 4 is 33.0 Å². The number of rotatable bonds is 6. The fraction of sp³-hybridized carbons (Fsp3) is 0.400. The highest BCUT2D eigenvalue weighted by Gasteiger charge is 2.21. The third-order valence-electron chi connectivity index (χ3n) is 3.50. The zero-order valence-corrected chi connectivity index (χ0v) is 13.9. The average molecular weight is 352 g/mol. The molecule has 0 radical (unpaired) electrons. The smallest absolute Gasteiger partial charge is 0.0795 e. The Labute approximate surface area is 132 Å². The first-order chi connectivity index (χ1) is 9.72. The number of nitrogens with zero attached hydrogens (tertiary/aromatic N) is 2. The number of hydrogen-bond acceptors (Lipinski definition) is 4. The van der Waals surface area contributed by atoms with E-state index in [-0.39, 0.29) is 0 Å². The largest absolute Gasteiger partial charge is 0.368 e. The molecule has 5 heteroatoms. The van der Waals surface area contributed by atoms with Gasteiger partial charge in [0, 0.05) is 35.2 Å². The summed E-state index contributed by atoms with van der Waals surface area (Å²) in [7, 11) is 2.13. The van der Waals surface area contributed by atoms with Crippen molar-refractivity contribution in [3.8, 4) is 0 Å². The molecule has 0 aliphatic heterocycles. The zero-order valence-electron chi connectivity index (χ0n) is 11.5. The van der Waals surface area contributed by atoms with Crippen LogP contribution in [-0.4, -0.2) is 18.1 Å². The molecule has 0 amide bonds. The Bertz CT molecular complexity index is 567. The normalized spacial score (nSPS) is 14.5. The Kier molecular flexibility index (Phi) is 4.38. The van der Waals surface area contributed by atoms with Crippen molar-refractivity contribution in [2.24, 2.45) is 0 Å². The first-order valence-electron chi connectivity index (χ1n) is 6.82. The molecule has 1 aromatic heterocycles. The summed E-state index contributed by atoms with van der Waals surface area (Å²) < 4.78 is 1.12. The number of thiazole rings is 1. The topological polar surface area (TPSA) is 28.2 Å². The quantitative estimate of drug-likeness (QED) is 0.857. The highest BCUT2D eigenvalue weighted by atomic mass is 79.9. The van der Waals surface area contributed by atoms with E-state index in [9.17, 15) is 0 Å². The Morgan fingerprint density at radius 2 is 2.30 bits per heavy atom. The summed E-state index contributed by atoms with van der Waals surface area (Å²) in [6.45, 7) is 1.78. The molecule has 0 unspecified atom stereocenters. The van der Waals surface area contributed by atoms with E-state index in [0.29, 0.717) is 0 Å². The number of aromatic nitrogens is 1. The van der Waals surface area contributed by atoms with Crippen molar-refractivity contribution < 1.29 is 0 Å². The maximum atomic E-state index is 4.37. The van der Waals surface area contributed by atoms with Gasteiger partial charge >= 0.3 is 0 Å². The molecule has 1 heterocycles. The summed E-state index contributed by atoms with van der Waals surface area (Å²) >= 11 is 5.22. The summed E-state index contributed by atoms with van der Waals surface area (Å²) in [6.07, 6.45) is 2.64. The fourth-order valence-electron chi connectivity index (χ4n) is 2.23. The van der Waals surface area contributed by atoms with Crippen LogP contribution in [-0.2, 0) is 13.1 Å². The molecule has 106 valence electrons. The summed E-state index contributed by atoms with van der Waals surface area (Å²) in [4.78, 5) is 6.64. The van der Waals surface area contributed by atoms with Crippen molar-refractivity contribution in [3.05, 3.63) is 44.8 Å². The minimum atomic E-state index is 0.732. The molecule has 0 saturated heterocycles. The zero-order chi connectivity index (χ0) is 13.9. The number of anilines is 1. The molecule has 0 bridgehead atoms. The van der Waals surface area contributed by atoms with Gasteiger partial charge in [-0.15, -0.1) is 11.3 Å². The molecule has 3 rings (SSSR count). The molecule has 1 fully saturated rings. The van der Waals surface area contributed by atoms with Crippen LogP contribution in [0.1, 0.15) is 24.1 Å². The molecular formula is C15H18BrN3S. The third kappa shape index (κ3) is 3.59. The van der Waals surface area contributed by atoms with E-state index in [4.69, 9.17) is 0 Å². The van der Waals surface area contributed by atoms with Gasteiger partial charge in [0.05, 0.1) is 17.7 Å². The summed E-state index contributed by atoms with van der Waals surface area (Å²) in [5, 5.41) is 5.70. The first-order valence-corrected chi connectivity index (χ1v) is 8.56. The standard InChI is InChI=1S/C15H18BrN3S/c1-19(8-14-9-20-10-18-14)15-6-12(16)3-2-11(15)7-17-13-4-5-13/h2-3,6,9-10,13,17H,4-5,7-8H2,1H3. The van der Waals surface area contributed by atoms with Crippen molar-refractivity contribution in [1.29, 1.82) is 0 Å². The van der Waals surface area contributed by atoms with E-state index in [2.05, 4.69) is 61.8 Å². The summed E-state index contributed by atoms with van der Waals surface area (Å²) in [5.41, 5.74) is 5.62. The monoisotopic (exact) mass is 351 g/mol. The second-order valence-electron chi connectivity index (χ2n) is 5.26. The second kappa shape index (κ2) is 6.24. The van der Waals surface area contributed by atoms with Crippen LogP contribution in [0.25, 0.3) is 0 Å². The Hall–Kier alpha value is -0.910. The molecule has 0 atom stereocenters. The van der Waals surface area contributed by atoms with Gasteiger partial charge in [0.15, 0.2) is 0 Å². The van der Waals surface area contributed by atoms with Gasteiger partial charge in [0.1, 0.15) is 0 Å². The van der Waals surface area contributed by atoms with Crippen LogP contribution in [0.4, 0.5) is 5.69 Å². The molecule has 20 heavy (non-hydrogen) atoms. The van der Waals surface area contributed by atoms with Gasteiger partial charge in [-0.1, -0.05) is 22.0 Å². The predicted molar refractivity (Wildman–Crippen MR) is 88.2 cm³/mol. The van der Waals surface area contributed by atoms with Crippen molar-refractivity contribution in [2.75, 3.05) is 11.9 Å². The van der Waals surface area contributed by atoms with Gasteiger partial charge in [0.25, 0.3) is 0 Å². The van der Waals surface area contributed by atoms with Crippen molar-refractivity contribution in [3.63, 3.8) is 0 Å². The fourth-order valence-corrected chi connectivity index (χ4v) is 3.13. The molecule has 1 aliphatic carbocycles. The van der Waals surface area contributed by atoms with E-state index in [1.54, 1.807) is 11.3 Å². The maximum Gasteiger partial charge on any atom is 0.0795 e. The number of halogens is 1. The lowest BCUT2D eigenvalue weighted by molar-refractivity contribution is 0.685. The minimum Gasteiger partial charge on any atom is -0.368 e. The SMILES string of the molecule is CN(Cc1cscn1)c1cc(Br)ccc1CNC1CC1. The molecular weight excluding hydrogens is 334 g/mol. The predicted octanol–water partition coefficient (Wildman–Crippen LogP) is 3.79. The molecule has 1 N–H and O–H groups in total. The Morgan fingerprint density at radius 3 is 3.00 bits per heavy atom. The lowest BCUT2D eigenvalue weighted by atomic mass is 10.1. The maximum absolute atomic E-state index is 4.37. The van der Waals surface area contributed by atoms with Gasteiger partial charge in [-0.05, 0) is 30.5 Å². The number of benzene rings is 1. The number of hydrogen-bond donors (Lipinski definition) is 1. The van der Waals surface area contributed by atoms with Gasteiger partial charge in [0.2, 0.25) is 0 Å². The van der Waals surface area contributed by atoms with E-state index < -0.39 is 0 Å². The van der Waals surface area contributed by atoms with Crippen LogP contribution in [0.5, 0.6) is 0 Å². The lowest BCUT2D eigenvalue weighted by Gasteiger charge is -2.22.